The number of methoxy groups -OCH3 is 1. The zero-order chi connectivity index (χ0) is 15.0. The number of carbonyl (C=O) groups is 1. The summed E-state index contributed by atoms with van der Waals surface area (Å²) in [5.74, 6) is 1.16. The molecule has 0 aliphatic carbocycles. The highest BCUT2D eigenvalue weighted by atomic mass is 16.5. The van der Waals surface area contributed by atoms with Gasteiger partial charge in [-0.1, -0.05) is 38.1 Å². The second-order valence-corrected chi connectivity index (χ2v) is 5.63. The maximum Gasteiger partial charge on any atom is 0.262 e. The molecule has 0 spiro atoms. The Bertz CT molecular complexity index is 674. The lowest BCUT2D eigenvalue weighted by atomic mass is 10.0. The molecule has 3 heteroatoms. The van der Waals surface area contributed by atoms with Crippen LogP contribution in [0.25, 0.3) is 0 Å². The number of anilines is 1. The molecule has 0 fully saturated rings. The third-order valence-corrected chi connectivity index (χ3v) is 3.99. The molecule has 108 valence electrons. The van der Waals surface area contributed by atoms with Gasteiger partial charge in [0.15, 0.2) is 0 Å². The van der Waals surface area contributed by atoms with E-state index in [2.05, 4.69) is 26.0 Å². The van der Waals surface area contributed by atoms with E-state index in [0.717, 1.165) is 11.3 Å². The van der Waals surface area contributed by atoms with Crippen LogP contribution in [0.1, 0.15) is 41.3 Å². The molecule has 0 atom stereocenters. The number of ether oxygens (including phenoxy) is 1. The van der Waals surface area contributed by atoms with Crippen molar-refractivity contribution in [2.24, 2.45) is 0 Å². The van der Waals surface area contributed by atoms with E-state index in [1.54, 1.807) is 12.0 Å². The average Bonchev–Trinajstić information content (AvgIpc) is 2.84. The van der Waals surface area contributed by atoms with E-state index >= 15 is 0 Å². The van der Waals surface area contributed by atoms with E-state index in [-0.39, 0.29) is 5.91 Å². The van der Waals surface area contributed by atoms with Crippen LogP contribution in [0.4, 0.5) is 5.69 Å². The number of nitrogens with zero attached hydrogens (tertiary/aromatic N) is 1. The van der Waals surface area contributed by atoms with Crippen molar-refractivity contribution in [2.45, 2.75) is 26.3 Å². The normalized spacial score (nSPS) is 13.7. The van der Waals surface area contributed by atoms with Gasteiger partial charge in [-0.3, -0.25) is 4.79 Å². The largest absolute Gasteiger partial charge is 0.496 e. The maximum absolute atomic E-state index is 12.6. The molecular formula is C18H19NO2. The van der Waals surface area contributed by atoms with Gasteiger partial charge in [-0.2, -0.15) is 0 Å². The Labute approximate surface area is 125 Å². The number of hydrogen-bond acceptors (Lipinski definition) is 2. The summed E-state index contributed by atoms with van der Waals surface area (Å²) in [6.45, 7) is 4.93. The van der Waals surface area contributed by atoms with Crippen molar-refractivity contribution in [2.75, 3.05) is 12.0 Å². The summed E-state index contributed by atoms with van der Waals surface area (Å²) in [4.78, 5) is 14.4. The first-order valence-electron chi connectivity index (χ1n) is 7.19. The molecule has 2 aromatic carbocycles. The Balaban J connectivity index is 1.94. The SMILES string of the molecule is COc1cccc2c1C(=O)N(c1ccc(C(C)C)cc1)C2. The van der Waals surface area contributed by atoms with Gasteiger partial charge in [0.05, 0.1) is 19.2 Å². The summed E-state index contributed by atoms with van der Waals surface area (Å²) >= 11 is 0. The third kappa shape index (κ3) is 2.29. The molecule has 2 aromatic rings. The molecule has 0 unspecified atom stereocenters. The number of hydrogen-bond donors (Lipinski definition) is 0. The van der Waals surface area contributed by atoms with E-state index in [9.17, 15) is 4.79 Å². The predicted octanol–water partition coefficient (Wildman–Crippen LogP) is 3.98. The maximum atomic E-state index is 12.6. The van der Waals surface area contributed by atoms with Gasteiger partial charge < -0.3 is 9.64 Å². The van der Waals surface area contributed by atoms with Crippen LogP contribution < -0.4 is 9.64 Å². The van der Waals surface area contributed by atoms with Crippen molar-refractivity contribution in [1.82, 2.24) is 0 Å². The van der Waals surface area contributed by atoms with Gasteiger partial charge in [0.2, 0.25) is 0 Å². The van der Waals surface area contributed by atoms with E-state index in [4.69, 9.17) is 4.74 Å². The molecule has 21 heavy (non-hydrogen) atoms. The second-order valence-electron chi connectivity index (χ2n) is 5.63. The van der Waals surface area contributed by atoms with Crippen LogP contribution in [0, 0.1) is 0 Å². The first-order valence-corrected chi connectivity index (χ1v) is 7.19. The van der Waals surface area contributed by atoms with Gasteiger partial charge in [0.1, 0.15) is 5.75 Å². The molecular weight excluding hydrogens is 262 g/mol. The van der Waals surface area contributed by atoms with Gasteiger partial charge in [-0.25, -0.2) is 0 Å². The summed E-state index contributed by atoms with van der Waals surface area (Å²) in [5.41, 5.74) is 3.92. The summed E-state index contributed by atoms with van der Waals surface area (Å²) in [6, 6.07) is 14.0. The molecule has 0 bridgehead atoms. The molecule has 3 nitrogen and oxygen atoms in total. The number of carbonyl (C=O) groups excluding carboxylic acids is 1. The van der Waals surface area contributed by atoms with Crippen LogP contribution in [0.3, 0.4) is 0 Å². The molecule has 3 rings (SSSR count). The fourth-order valence-electron chi connectivity index (χ4n) is 2.75. The molecule has 0 aromatic heterocycles. The smallest absolute Gasteiger partial charge is 0.262 e. The zero-order valence-electron chi connectivity index (χ0n) is 12.6. The van der Waals surface area contributed by atoms with Crippen molar-refractivity contribution < 1.29 is 9.53 Å². The molecule has 1 amide bonds. The Kier molecular flexibility index (Phi) is 3.42. The predicted molar refractivity (Wildman–Crippen MR) is 84.0 cm³/mol. The molecule has 0 N–H and O–H groups in total. The lowest BCUT2D eigenvalue weighted by molar-refractivity contribution is 0.0994. The topological polar surface area (TPSA) is 29.5 Å². The van der Waals surface area contributed by atoms with E-state index in [1.165, 1.54) is 5.56 Å². The monoisotopic (exact) mass is 281 g/mol. The molecule has 0 radical (unpaired) electrons. The molecule has 1 aliphatic heterocycles. The van der Waals surface area contributed by atoms with Crippen molar-refractivity contribution in [3.05, 3.63) is 59.2 Å². The Hall–Kier alpha value is -2.29. The summed E-state index contributed by atoms with van der Waals surface area (Å²) < 4.78 is 5.31. The lowest BCUT2D eigenvalue weighted by Gasteiger charge is -2.17. The quantitative estimate of drug-likeness (QED) is 0.851. The van der Waals surface area contributed by atoms with Crippen molar-refractivity contribution in [3.63, 3.8) is 0 Å². The van der Waals surface area contributed by atoms with Crippen LogP contribution in [0.2, 0.25) is 0 Å². The Morgan fingerprint density at radius 3 is 2.43 bits per heavy atom. The van der Waals surface area contributed by atoms with Crippen LogP contribution in [-0.4, -0.2) is 13.0 Å². The number of benzene rings is 2. The van der Waals surface area contributed by atoms with E-state index < -0.39 is 0 Å². The van der Waals surface area contributed by atoms with Gasteiger partial charge >= 0.3 is 0 Å². The standard InChI is InChI=1S/C18H19NO2/c1-12(2)13-7-9-15(10-8-13)19-11-14-5-4-6-16(21-3)17(14)18(19)20/h4-10,12H,11H2,1-3H3. The Morgan fingerprint density at radius 2 is 1.81 bits per heavy atom. The van der Waals surface area contributed by atoms with Gasteiger partial charge in [0.25, 0.3) is 5.91 Å². The zero-order valence-corrected chi connectivity index (χ0v) is 12.6. The third-order valence-electron chi connectivity index (χ3n) is 3.99. The fraction of sp³-hybridized carbons (Fsp3) is 0.278. The highest BCUT2D eigenvalue weighted by Gasteiger charge is 2.31. The van der Waals surface area contributed by atoms with Crippen molar-refractivity contribution >= 4 is 11.6 Å². The van der Waals surface area contributed by atoms with Gasteiger partial charge in [-0.15, -0.1) is 0 Å². The molecule has 0 saturated carbocycles. The molecule has 1 heterocycles. The van der Waals surface area contributed by atoms with E-state index in [1.807, 2.05) is 30.3 Å². The Morgan fingerprint density at radius 1 is 1.10 bits per heavy atom. The van der Waals surface area contributed by atoms with Crippen LogP contribution in [0.15, 0.2) is 42.5 Å². The minimum Gasteiger partial charge on any atom is -0.496 e. The lowest BCUT2D eigenvalue weighted by Crippen LogP contribution is -2.23. The average molecular weight is 281 g/mol. The minimum atomic E-state index is 0.0137. The first kappa shape index (κ1) is 13.7. The highest BCUT2D eigenvalue weighted by Crippen LogP contribution is 2.34. The van der Waals surface area contributed by atoms with Crippen LogP contribution >= 0.6 is 0 Å². The highest BCUT2D eigenvalue weighted by molar-refractivity contribution is 6.11. The number of rotatable bonds is 3. The minimum absolute atomic E-state index is 0.0137. The summed E-state index contributed by atoms with van der Waals surface area (Å²) in [5, 5.41) is 0. The van der Waals surface area contributed by atoms with E-state index in [0.29, 0.717) is 23.8 Å². The molecule has 0 saturated heterocycles. The number of amides is 1. The number of fused-ring (bicyclic) bond motifs is 1. The first-order chi connectivity index (χ1) is 10.1. The van der Waals surface area contributed by atoms with Crippen LogP contribution in [-0.2, 0) is 6.54 Å². The summed E-state index contributed by atoms with van der Waals surface area (Å²) in [6.07, 6.45) is 0. The van der Waals surface area contributed by atoms with Crippen molar-refractivity contribution in [1.29, 1.82) is 0 Å². The molecule has 1 aliphatic rings. The second kappa shape index (κ2) is 5.24. The van der Waals surface area contributed by atoms with Crippen molar-refractivity contribution in [3.8, 4) is 5.75 Å². The fourth-order valence-corrected chi connectivity index (χ4v) is 2.75. The summed E-state index contributed by atoms with van der Waals surface area (Å²) in [7, 11) is 1.60. The van der Waals surface area contributed by atoms with Crippen LogP contribution in [0.5, 0.6) is 5.75 Å². The van der Waals surface area contributed by atoms with Gasteiger partial charge in [0, 0.05) is 5.69 Å². The van der Waals surface area contributed by atoms with Gasteiger partial charge in [-0.05, 0) is 35.2 Å².